The lowest BCUT2D eigenvalue weighted by atomic mass is 10.0. The van der Waals surface area contributed by atoms with Gasteiger partial charge in [-0.05, 0) is 41.8 Å². The maximum absolute atomic E-state index is 12.7. The fourth-order valence-electron chi connectivity index (χ4n) is 2.77. The first-order valence-electron chi connectivity index (χ1n) is 8.25. The molecule has 0 fully saturated rings. The molecule has 0 aliphatic carbocycles. The van der Waals surface area contributed by atoms with Gasteiger partial charge in [0.25, 0.3) is 5.91 Å². The van der Waals surface area contributed by atoms with Crippen LogP contribution in [0.3, 0.4) is 0 Å². The number of carboxylic acids is 1. The van der Waals surface area contributed by atoms with Crippen LogP contribution in [0.5, 0.6) is 5.75 Å². The molecule has 0 radical (unpaired) electrons. The Hall–Kier alpha value is -3.61. The second-order valence-corrected chi connectivity index (χ2v) is 6.01. The number of aromatic nitrogens is 1. The predicted octanol–water partition coefficient (Wildman–Crippen LogP) is 1.94. The molecule has 0 saturated carbocycles. The Morgan fingerprint density at radius 2 is 1.81 bits per heavy atom. The van der Waals surface area contributed by atoms with Gasteiger partial charge < -0.3 is 20.1 Å². The Labute approximate surface area is 154 Å². The molecular formula is C20H18N2O5. The minimum atomic E-state index is -1.18. The lowest BCUT2D eigenvalue weighted by molar-refractivity contribution is -0.135. The van der Waals surface area contributed by atoms with Crippen LogP contribution in [0.1, 0.15) is 21.5 Å². The summed E-state index contributed by atoms with van der Waals surface area (Å²) >= 11 is 0. The van der Waals surface area contributed by atoms with E-state index in [0.29, 0.717) is 17.3 Å². The van der Waals surface area contributed by atoms with Crippen molar-refractivity contribution in [1.29, 1.82) is 0 Å². The SMILES string of the molecule is COc1ccc(Cc2ccc3[nH]cc(C(=O)NCC(=O)O)c(=O)c3c2)cc1. The standard InChI is InChI=1S/C20H18N2O5/c1-27-14-5-2-12(3-6-14)8-13-4-7-17-15(9-13)19(25)16(10-21-17)20(26)22-11-18(23)24/h2-7,9-10H,8,11H2,1H3,(H,21,25)(H,22,26)(H,23,24). The zero-order valence-electron chi connectivity index (χ0n) is 14.6. The first kappa shape index (κ1) is 18.2. The zero-order chi connectivity index (χ0) is 19.4. The van der Waals surface area contributed by atoms with Crippen molar-refractivity contribution in [2.75, 3.05) is 13.7 Å². The van der Waals surface area contributed by atoms with Gasteiger partial charge in [0.2, 0.25) is 5.43 Å². The molecule has 138 valence electrons. The van der Waals surface area contributed by atoms with E-state index in [4.69, 9.17) is 9.84 Å². The van der Waals surface area contributed by atoms with Crippen LogP contribution in [0.4, 0.5) is 0 Å². The molecule has 3 N–H and O–H groups in total. The van der Waals surface area contributed by atoms with Gasteiger partial charge in [-0.2, -0.15) is 0 Å². The normalized spacial score (nSPS) is 10.6. The molecule has 2 aromatic carbocycles. The number of aliphatic carboxylic acids is 1. The summed E-state index contributed by atoms with van der Waals surface area (Å²) in [5.74, 6) is -1.13. The number of amides is 1. The highest BCUT2D eigenvalue weighted by Gasteiger charge is 2.14. The number of pyridine rings is 1. The summed E-state index contributed by atoms with van der Waals surface area (Å²) < 4.78 is 5.14. The lowest BCUT2D eigenvalue weighted by Gasteiger charge is -2.07. The van der Waals surface area contributed by atoms with Crippen LogP contribution in [-0.2, 0) is 11.2 Å². The Balaban J connectivity index is 1.90. The van der Waals surface area contributed by atoms with E-state index in [-0.39, 0.29) is 5.56 Å². The molecule has 7 heteroatoms. The van der Waals surface area contributed by atoms with Crippen LogP contribution in [-0.4, -0.2) is 35.6 Å². The van der Waals surface area contributed by atoms with Gasteiger partial charge in [0.1, 0.15) is 17.9 Å². The minimum absolute atomic E-state index is 0.120. The molecule has 27 heavy (non-hydrogen) atoms. The average Bonchev–Trinajstić information content (AvgIpc) is 2.67. The molecule has 0 spiro atoms. The van der Waals surface area contributed by atoms with Crippen molar-refractivity contribution in [2.24, 2.45) is 0 Å². The van der Waals surface area contributed by atoms with E-state index in [9.17, 15) is 14.4 Å². The van der Waals surface area contributed by atoms with Gasteiger partial charge in [0, 0.05) is 17.1 Å². The monoisotopic (exact) mass is 366 g/mol. The number of carbonyl (C=O) groups is 2. The molecule has 7 nitrogen and oxygen atoms in total. The molecule has 0 unspecified atom stereocenters. The van der Waals surface area contributed by atoms with Crippen molar-refractivity contribution in [2.45, 2.75) is 6.42 Å². The molecule has 0 atom stereocenters. The number of nitrogens with one attached hydrogen (secondary N) is 2. The second kappa shape index (κ2) is 7.74. The third-order valence-corrected chi connectivity index (χ3v) is 4.16. The maximum atomic E-state index is 12.7. The topological polar surface area (TPSA) is 108 Å². The van der Waals surface area contributed by atoms with Crippen LogP contribution < -0.4 is 15.5 Å². The number of aromatic amines is 1. The smallest absolute Gasteiger partial charge is 0.322 e. The summed E-state index contributed by atoms with van der Waals surface area (Å²) in [6, 6.07) is 13.1. The highest BCUT2D eigenvalue weighted by Crippen LogP contribution is 2.17. The van der Waals surface area contributed by atoms with E-state index in [1.807, 2.05) is 30.3 Å². The van der Waals surface area contributed by atoms with Crippen molar-refractivity contribution >= 4 is 22.8 Å². The van der Waals surface area contributed by atoms with Crippen molar-refractivity contribution in [1.82, 2.24) is 10.3 Å². The van der Waals surface area contributed by atoms with E-state index >= 15 is 0 Å². The lowest BCUT2D eigenvalue weighted by Crippen LogP contribution is -2.32. The van der Waals surface area contributed by atoms with Gasteiger partial charge in [-0.15, -0.1) is 0 Å². The summed E-state index contributed by atoms with van der Waals surface area (Å²) in [6.45, 7) is -0.548. The second-order valence-electron chi connectivity index (χ2n) is 6.01. The fourth-order valence-corrected chi connectivity index (χ4v) is 2.77. The quantitative estimate of drug-likeness (QED) is 0.618. The van der Waals surface area contributed by atoms with E-state index < -0.39 is 23.9 Å². The third kappa shape index (κ3) is 4.14. The molecule has 3 aromatic rings. The Kier molecular flexibility index (Phi) is 5.21. The number of H-pyrrole nitrogens is 1. The Morgan fingerprint density at radius 3 is 2.48 bits per heavy atom. The number of methoxy groups -OCH3 is 1. The molecule has 3 rings (SSSR count). The minimum Gasteiger partial charge on any atom is -0.497 e. The fraction of sp³-hybridized carbons (Fsp3) is 0.150. The number of carbonyl (C=O) groups excluding carboxylic acids is 1. The maximum Gasteiger partial charge on any atom is 0.322 e. The number of hydrogen-bond acceptors (Lipinski definition) is 4. The van der Waals surface area contributed by atoms with Gasteiger partial charge in [-0.1, -0.05) is 18.2 Å². The van der Waals surface area contributed by atoms with Gasteiger partial charge in [-0.3, -0.25) is 14.4 Å². The van der Waals surface area contributed by atoms with Crippen LogP contribution in [0.2, 0.25) is 0 Å². The highest BCUT2D eigenvalue weighted by molar-refractivity contribution is 5.98. The highest BCUT2D eigenvalue weighted by atomic mass is 16.5. The molecule has 0 aliphatic rings. The zero-order valence-corrected chi connectivity index (χ0v) is 14.6. The van der Waals surface area contributed by atoms with E-state index in [1.165, 1.54) is 6.20 Å². The van der Waals surface area contributed by atoms with Gasteiger partial charge in [0.05, 0.1) is 7.11 Å². The van der Waals surface area contributed by atoms with Crippen LogP contribution in [0.25, 0.3) is 10.9 Å². The van der Waals surface area contributed by atoms with Gasteiger partial charge in [0.15, 0.2) is 0 Å². The van der Waals surface area contributed by atoms with Gasteiger partial charge in [-0.25, -0.2) is 0 Å². The summed E-state index contributed by atoms with van der Waals surface area (Å²) in [6.07, 6.45) is 1.92. The molecule has 0 aliphatic heterocycles. The number of hydrogen-bond donors (Lipinski definition) is 3. The largest absolute Gasteiger partial charge is 0.497 e. The number of benzene rings is 2. The van der Waals surface area contributed by atoms with E-state index in [0.717, 1.165) is 16.9 Å². The molecular weight excluding hydrogens is 348 g/mol. The van der Waals surface area contributed by atoms with Crippen LogP contribution in [0, 0.1) is 0 Å². The molecule has 0 bridgehead atoms. The number of rotatable bonds is 6. The summed E-state index contributed by atoms with van der Waals surface area (Å²) in [5.41, 5.74) is 2.02. The first-order chi connectivity index (χ1) is 13.0. The molecule has 1 aromatic heterocycles. The van der Waals surface area contributed by atoms with E-state index in [1.54, 1.807) is 19.2 Å². The first-order valence-corrected chi connectivity index (χ1v) is 8.25. The van der Waals surface area contributed by atoms with Crippen molar-refractivity contribution < 1.29 is 19.4 Å². The van der Waals surface area contributed by atoms with Gasteiger partial charge >= 0.3 is 5.97 Å². The Bertz CT molecular complexity index is 1050. The molecule has 0 saturated heterocycles. The molecule has 1 amide bonds. The number of ether oxygens (including phenoxy) is 1. The molecule has 1 heterocycles. The summed E-state index contributed by atoms with van der Waals surface area (Å²) in [4.78, 5) is 38.2. The van der Waals surface area contributed by atoms with Crippen molar-refractivity contribution in [3.8, 4) is 5.75 Å². The van der Waals surface area contributed by atoms with Crippen molar-refractivity contribution in [3.05, 3.63) is 75.6 Å². The van der Waals surface area contributed by atoms with Crippen molar-refractivity contribution in [3.63, 3.8) is 0 Å². The number of carboxylic acid groups (broad SMARTS) is 1. The summed E-state index contributed by atoms with van der Waals surface area (Å²) in [7, 11) is 1.61. The van der Waals surface area contributed by atoms with Crippen LogP contribution >= 0.6 is 0 Å². The predicted molar refractivity (Wildman–Crippen MR) is 100 cm³/mol. The van der Waals surface area contributed by atoms with Crippen LogP contribution in [0.15, 0.2) is 53.5 Å². The number of fused-ring (bicyclic) bond motifs is 1. The van der Waals surface area contributed by atoms with E-state index in [2.05, 4.69) is 10.3 Å². The summed E-state index contributed by atoms with van der Waals surface area (Å²) in [5, 5.41) is 11.2. The Morgan fingerprint density at radius 1 is 1.11 bits per heavy atom. The average molecular weight is 366 g/mol. The third-order valence-electron chi connectivity index (χ3n) is 4.16.